The van der Waals surface area contributed by atoms with Crippen LogP contribution in [0, 0.1) is 0 Å². The average Bonchev–Trinajstić information content (AvgIpc) is 2.87. The molecule has 0 atom stereocenters. The second kappa shape index (κ2) is 5.62. The van der Waals surface area contributed by atoms with E-state index in [0.717, 1.165) is 0 Å². The third-order valence-electron chi connectivity index (χ3n) is 2.36. The van der Waals surface area contributed by atoms with Crippen LogP contribution in [0.2, 0.25) is 0 Å². The summed E-state index contributed by atoms with van der Waals surface area (Å²) in [6.07, 6.45) is 0.310. The van der Waals surface area contributed by atoms with E-state index in [0.29, 0.717) is 16.6 Å². The van der Waals surface area contributed by atoms with Crippen molar-refractivity contribution in [3.63, 3.8) is 0 Å². The average molecular weight is 343 g/mol. The van der Waals surface area contributed by atoms with Gasteiger partial charge in [-0.05, 0) is 33.5 Å². The largest absolute Gasteiger partial charge is 0.272 e. The highest BCUT2D eigenvalue weighted by Crippen LogP contribution is 2.16. The van der Waals surface area contributed by atoms with Crippen molar-refractivity contribution in [2.75, 3.05) is 5.75 Å². The summed E-state index contributed by atoms with van der Waals surface area (Å²) in [4.78, 5) is 0. The maximum absolute atomic E-state index is 12.2. The van der Waals surface area contributed by atoms with Crippen LogP contribution in [-0.4, -0.2) is 34.4 Å². The molecule has 0 aliphatic carbocycles. The summed E-state index contributed by atoms with van der Waals surface area (Å²) < 4.78 is 26.2. The number of allylic oxidation sites excluding steroid dienone is 1. The molecule has 0 saturated carbocycles. The number of hydrogen-bond acceptors (Lipinski definition) is 5. The standard InChI is InChI=1S/C11H11BrN4O2S/c1-9(12)7-8-19(17,18)11-13-14-15-16(11)10-5-3-2-4-6-10/h2-6H,1,7-8H2. The van der Waals surface area contributed by atoms with Gasteiger partial charge in [-0.15, -0.1) is 0 Å². The smallest absolute Gasteiger partial charge is 0.220 e. The van der Waals surface area contributed by atoms with E-state index < -0.39 is 9.84 Å². The van der Waals surface area contributed by atoms with Crippen molar-refractivity contribution in [3.8, 4) is 5.69 Å². The normalized spacial score (nSPS) is 11.4. The predicted molar refractivity (Wildman–Crippen MR) is 73.9 cm³/mol. The monoisotopic (exact) mass is 342 g/mol. The molecule has 100 valence electrons. The van der Waals surface area contributed by atoms with E-state index in [9.17, 15) is 8.42 Å². The molecule has 0 radical (unpaired) electrons. The van der Waals surface area contributed by atoms with Crippen LogP contribution < -0.4 is 0 Å². The molecule has 19 heavy (non-hydrogen) atoms. The summed E-state index contributed by atoms with van der Waals surface area (Å²) in [6.45, 7) is 3.61. The van der Waals surface area contributed by atoms with Crippen molar-refractivity contribution in [1.82, 2.24) is 20.2 Å². The van der Waals surface area contributed by atoms with Crippen LogP contribution in [-0.2, 0) is 9.84 Å². The number of sulfone groups is 1. The van der Waals surface area contributed by atoms with Crippen LogP contribution in [0.1, 0.15) is 6.42 Å². The van der Waals surface area contributed by atoms with Gasteiger partial charge in [0.1, 0.15) is 0 Å². The Morgan fingerprint density at radius 3 is 2.63 bits per heavy atom. The Hall–Kier alpha value is -1.54. The lowest BCUT2D eigenvalue weighted by molar-refractivity contribution is 0.580. The third-order valence-corrected chi connectivity index (χ3v) is 4.31. The molecule has 6 nitrogen and oxygen atoms in total. The first kappa shape index (κ1) is 13.9. The molecule has 2 rings (SSSR count). The number of benzene rings is 1. The topological polar surface area (TPSA) is 77.7 Å². The first-order chi connectivity index (χ1) is 9.00. The summed E-state index contributed by atoms with van der Waals surface area (Å²) in [5.41, 5.74) is 0.601. The summed E-state index contributed by atoms with van der Waals surface area (Å²) in [5.74, 6) is -0.0930. The number of halogens is 1. The van der Waals surface area contributed by atoms with E-state index in [1.54, 1.807) is 24.3 Å². The highest BCUT2D eigenvalue weighted by Gasteiger charge is 2.23. The first-order valence-electron chi connectivity index (χ1n) is 5.40. The van der Waals surface area contributed by atoms with Gasteiger partial charge in [0.2, 0.25) is 9.84 Å². The van der Waals surface area contributed by atoms with Crippen molar-refractivity contribution in [1.29, 1.82) is 0 Å². The van der Waals surface area contributed by atoms with Crippen molar-refractivity contribution >= 4 is 25.8 Å². The maximum atomic E-state index is 12.2. The zero-order chi connectivity index (χ0) is 13.9. The van der Waals surface area contributed by atoms with Crippen LogP contribution in [0.4, 0.5) is 0 Å². The summed E-state index contributed by atoms with van der Waals surface area (Å²) >= 11 is 3.14. The summed E-state index contributed by atoms with van der Waals surface area (Å²) in [5, 5.41) is 10.6. The van der Waals surface area contributed by atoms with Crippen LogP contribution in [0.5, 0.6) is 0 Å². The Morgan fingerprint density at radius 2 is 2.00 bits per heavy atom. The minimum atomic E-state index is -3.55. The predicted octanol–water partition coefficient (Wildman–Crippen LogP) is 1.73. The minimum Gasteiger partial charge on any atom is -0.220 e. The van der Waals surface area contributed by atoms with Crippen molar-refractivity contribution in [2.24, 2.45) is 0 Å². The molecule has 0 N–H and O–H groups in total. The van der Waals surface area contributed by atoms with Crippen LogP contribution in [0.3, 0.4) is 0 Å². The van der Waals surface area contributed by atoms with Crippen molar-refractivity contribution < 1.29 is 8.42 Å². The zero-order valence-electron chi connectivity index (χ0n) is 9.90. The SMILES string of the molecule is C=C(Br)CCS(=O)(=O)c1nnnn1-c1ccccc1. The Morgan fingerprint density at radius 1 is 1.32 bits per heavy atom. The van der Waals surface area contributed by atoms with Crippen LogP contribution in [0.25, 0.3) is 5.69 Å². The Kier molecular flexibility index (Phi) is 4.11. The summed E-state index contributed by atoms with van der Waals surface area (Å²) in [6, 6.07) is 8.87. The third kappa shape index (κ3) is 3.27. The van der Waals surface area contributed by atoms with E-state index in [4.69, 9.17) is 0 Å². The molecule has 0 fully saturated rings. The highest BCUT2D eigenvalue weighted by atomic mass is 79.9. The molecule has 0 spiro atoms. The number of hydrogen-bond donors (Lipinski definition) is 0. The van der Waals surface area contributed by atoms with Crippen molar-refractivity contribution in [3.05, 3.63) is 41.4 Å². The fraction of sp³-hybridized carbons (Fsp3) is 0.182. The minimum absolute atomic E-state index is 0.0930. The Bertz CT molecular complexity index is 682. The fourth-order valence-corrected chi connectivity index (χ4v) is 3.17. The lowest BCUT2D eigenvalue weighted by Gasteiger charge is -2.05. The van der Waals surface area contributed by atoms with Gasteiger partial charge in [-0.1, -0.05) is 45.8 Å². The van der Waals surface area contributed by atoms with Gasteiger partial charge in [0.15, 0.2) is 0 Å². The van der Waals surface area contributed by atoms with Gasteiger partial charge in [-0.25, -0.2) is 8.42 Å². The van der Waals surface area contributed by atoms with E-state index >= 15 is 0 Å². The van der Waals surface area contributed by atoms with Crippen LogP contribution in [0.15, 0.2) is 46.5 Å². The molecule has 0 unspecified atom stereocenters. The Labute approximate surface area is 119 Å². The molecule has 0 bridgehead atoms. The van der Waals surface area contributed by atoms with Gasteiger partial charge in [-0.2, -0.15) is 4.68 Å². The number of aromatic nitrogens is 4. The maximum Gasteiger partial charge on any atom is 0.272 e. The molecule has 0 amide bonds. The molecular formula is C11H11BrN4O2S. The lowest BCUT2D eigenvalue weighted by atomic mass is 10.3. The number of rotatable bonds is 5. The first-order valence-corrected chi connectivity index (χ1v) is 7.85. The molecule has 1 heterocycles. The molecule has 0 aliphatic rings. The molecule has 2 aromatic rings. The molecular weight excluding hydrogens is 332 g/mol. The molecule has 0 aliphatic heterocycles. The fourth-order valence-electron chi connectivity index (χ4n) is 1.44. The van der Waals surface area contributed by atoms with E-state index in [1.807, 2.05) is 6.07 Å². The van der Waals surface area contributed by atoms with Gasteiger partial charge >= 0.3 is 0 Å². The highest BCUT2D eigenvalue weighted by molar-refractivity contribution is 9.11. The van der Waals surface area contributed by atoms with Gasteiger partial charge in [0, 0.05) is 0 Å². The number of tetrazole rings is 1. The molecule has 1 aromatic heterocycles. The van der Waals surface area contributed by atoms with Gasteiger partial charge in [-0.3, -0.25) is 0 Å². The quantitative estimate of drug-likeness (QED) is 0.826. The molecule has 8 heteroatoms. The van der Waals surface area contributed by atoms with Gasteiger partial charge in [0.05, 0.1) is 11.4 Å². The van der Waals surface area contributed by atoms with Crippen molar-refractivity contribution in [2.45, 2.75) is 11.6 Å². The second-order valence-electron chi connectivity index (χ2n) is 3.79. The molecule has 1 aromatic carbocycles. The second-order valence-corrected chi connectivity index (χ2v) is 6.92. The Balaban J connectivity index is 2.37. The lowest BCUT2D eigenvalue weighted by Crippen LogP contribution is -2.14. The van der Waals surface area contributed by atoms with Crippen LogP contribution >= 0.6 is 15.9 Å². The zero-order valence-corrected chi connectivity index (χ0v) is 12.3. The van der Waals surface area contributed by atoms with Gasteiger partial charge < -0.3 is 0 Å². The van der Waals surface area contributed by atoms with E-state index in [1.165, 1.54) is 4.68 Å². The number of para-hydroxylation sites is 1. The van der Waals surface area contributed by atoms with E-state index in [-0.39, 0.29) is 10.9 Å². The molecule has 0 saturated heterocycles. The summed E-state index contributed by atoms with van der Waals surface area (Å²) in [7, 11) is -3.55. The van der Waals surface area contributed by atoms with E-state index in [2.05, 4.69) is 38.0 Å². The number of nitrogens with zero attached hydrogens (tertiary/aromatic N) is 4. The van der Waals surface area contributed by atoms with Gasteiger partial charge in [0.25, 0.3) is 5.16 Å².